The van der Waals surface area contributed by atoms with Crippen LogP contribution in [0.25, 0.3) is 89.4 Å². The number of benzene rings is 8. The summed E-state index contributed by atoms with van der Waals surface area (Å²) in [6.07, 6.45) is 11.6. The maximum atomic E-state index is 14.0. The molecule has 11 aromatic rings. The molecule has 0 unspecified atom stereocenters. The second-order valence-electron chi connectivity index (χ2n) is 31.1. The number of carbonyl (C=O) groups excluding carboxylic acids is 8. The van der Waals surface area contributed by atoms with E-state index < -0.39 is 47.8 Å². The molecule has 24 nitrogen and oxygen atoms in total. The van der Waals surface area contributed by atoms with Crippen LogP contribution in [0, 0.1) is 0 Å². The van der Waals surface area contributed by atoms with Crippen LogP contribution in [-0.4, -0.2) is 140 Å². The maximum Gasteiger partial charge on any atom is 0.338 e. The number of unbranched alkanes of at least 4 members (excludes halogenated alkanes) is 8. The molecule has 5 heterocycles. The van der Waals surface area contributed by atoms with Gasteiger partial charge in [-0.1, -0.05) is 204 Å². The first kappa shape index (κ1) is 91.5. The van der Waals surface area contributed by atoms with Crippen LogP contribution < -0.4 is 0 Å². The average Bonchev–Trinajstić information content (AvgIpc) is 1.58. The fourth-order valence-electron chi connectivity index (χ4n) is 14.4. The highest BCUT2D eigenvalue weighted by atomic mass is 16.6. The highest BCUT2D eigenvalue weighted by Crippen LogP contribution is 2.46. The number of ether oxygens (including phenoxy) is 8. The van der Waals surface area contributed by atoms with E-state index in [9.17, 15) is 38.4 Å². The molecular weight excluding hydrogens is 1620 g/mol. The van der Waals surface area contributed by atoms with Gasteiger partial charge in [0.05, 0.1) is 97.4 Å². The Morgan fingerprint density at radius 2 is 0.328 bits per heavy atom. The predicted octanol–water partition coefficient (Wildman–Crippen LogP) is 22.2. The molecule has 0 amide bonds. The van der Waals surface area contributed by atoms with Crippen LogP contribution in [0.2, 0.25) is 0 Å². The zero-order valence-corrected chi connectivity index (χ0v) is 73.7. The van der Waals surface area contributed by atoms with Crippen molar-refractivity contribution in [2.75, 3.05) is 52.9 Å². The summed E-state index contributed by atoms with van der Waals surface area (Å²) in [5.74, 6) is -4.06. The quantitative estimate of drug-likeness (QED) is 0.0205. The lowest BCUT2D eigenvalue weighted by molar-refractivity contribution is 0.0490. The standard InChI is InChI=1S/C104H106N8O16/c1-9-17-57-121-97(113)73-41-25-65(26-42-73)81-82(66-27-43-74(44-28-66)98(114)122-58-18-10-2)90-105-89(81)109-91-83(67-29-45-75(46-30-67)99(115)123-59-19-11-3)84(68-31-47-76(48-32-68)100(116)124-60-20-12-4)93(106-91)111-95-87(71-37-53-79(54-38-71)103(119)127-63-23-15-7)88(72-39-55-80(56-40-72)104(120)128-64-24-16-8)96(108-95)112-94-86(70-35-51-78(52-36-70)102(118)126-62-22-14-6)85(92(107-94)110-90)69-33-49-77(50-34-69)101(117)125-61-21-13-5/h25-56H,9-24,57-64H2,1-8H3,(H2,105,106,107,108,109,110,111,112). The van der Waals surface area contributed by atoms with Crippen LogP contribution in [-0.2, 0) is 37.9 Å². The van der Waals surface area contributed by atoms with Crippen LogP contribution >= 0.6 is 0 Å². The third-order valence-electron chi connectivity index (χ3n) is 21.7. The lowest BCUT2D eigenvalue weighted by atomic mass is 9.93. The molecule has 0 aliphatic carbocycles. The van der Waals surface area contributed by atoms with E-state index in [4.69, 9.17) is 67.8 Å². The first-order chi connectivity index (χ1) is 62.5. The molecule has 658 valence electrons. The molecular formula is C104H106N8O16. The predicted molar refractivity (Wildman–Crippen MR) is 491 cm³/mol. The molecule has 2 aliphatic heterocycles. The Morgan fingerprint density at radius 1 is 0.195 bits per heavy atom. The third-order valence-corrected chi connectivity index (χ3v) is 21.7. The second kappa shape index (κ2) is 44.6. The summed E-state index contributed by atoms with van der Waals surface area (Å²) in [7, 11) is 0. The largest absolute Gasteiger partial charge is 0.462 e. The molecule has 8 bridgehead atoms. The molecule has 2 aliphatic rings. The fourth-order valence-corrected chi connectivity index (χ4v) is 14.4. The molecule has 13 rings (SSSR count). The first-order valence-corrected chi connectivity index (χ1v) is 44.5. The Kier molecular flexibility index (Phi) is 31.9. The topological polar surface area (TPSA) is 319 Å². The smallest absolute Gasteiger partial charge is 0.338 e. The monoisotopic (exact) mass is 1720 g/mol. The Balaban J connectivity index is 1.24. The first-order valence-electron chi connectivity index (χ1n) is 44.5. The Morgan fingerprint density at radius 3 is 0.461 bits per heavy atom. The van der Waals surface area contributed by atoms with Crippen molar-refractivity contribution in [3.05, 3.63) is 284 Å². The van der Waals surface area contributed by atoms with Gasteiger partial charge in [0.1, 0.15) is 22.6 Å². The van der Waals surface area contributed by atoms with Gasteiger partial charge in [0.25, 0.3) is 0 Å². The Hall–Kier alpha value is -14.2. The molecule has 0 fully saturated rings. The molecule has 128 heavy (non-hydrogen) atoms. The molecule has 3 aromatic heterocycles. The van der Waals surface area contributed by atoms with Crippen LogP contribution in [0.3, 0.4) is 0 Å². The fraction of sp³-hybridized carbons (Fsp3) is 0.308. The van der Waals surface area contributed by atoms with E-state index in [-0.39, 0.29) is 143 Å². The summed E-state index contributed by atoms with van der Waals surface area (Å²) in [6.45, 7) is 17.7. The van der Waals surface area contributed by atoms with Crippen LogP contribution in [0.5, 0.6) is 0 Å². The number of nitrogens with one attached hydrogen (secondary N) is 2. The van der Waals surface area contributed by atoms with Gasteiger partial charge in [-0.2, -0.15) is 0 Å². The lowest BCUT2D eigenvalue weighted by Crippen LogP contribution is -2.06. The minimum absolute atomic E-state index is 0.0577. The van der Waals surface area contributed by atoms with Crippen LogP contribution in [0.15, 0.2) is 194 Å². The van der Waals surface area contributed by atoms with Crippen LogP contribution in [0.4, 0.5) is 0 Å². The molecule has 0 radical (unpaired) electrons. The van der Waals surface area contributed by atoms with Crippen molar-refractivity contribution in [2.24, 2.45) is 0 Å². The van der Waals surface area contributed by atoms with E-state index in [1.165, 1.54) is 0 Å². The minimum atomic E-state index is -0.537. The van der Waals surface area contributed by atoms with Crippen molar-refractivity contribution in [1.82, 2.24) is 39.9 Å². The highest BCUT2D eigenvalue weighted by molar-refractivity contribution is 6.10. The zero-order valence-electron chi connectivity index (χ0n) is 73.7. The summed E-state index contributed by atoms with van der Waals surface area (Å²) in [4.78, 5) is 153. The molecule has 24 heteroatoms. The van der Waals surface area contributed by atoms with Crippen molar-refractivity contribution >= 4 is 92.6 Å². The van der Waals surface area contributed by atoms with Gasteiger partial charge in [-0.15, -0.1) is 0 Å². The van der Waals surface area contributed by atoms with Gasteiger partial charge < -0.3 is 47.9 Å². The normalized spacial score (nSPS) is 11.8. The summed E-state index contributed by atoms with van der Waals surface area (Å²) in [5.41, 5.74) is 9.86. The number of hydrogen-bond donors (Lipinski definition) is 2. The zero-order chi connectivity index (χ0) is 90.0. The highest BCUT2D eigenvalue weighted by Gasteiger charge is 2.33. The number of nitrogens with zero attached hydrogens (tertiary/aromatic N) is 6. The number of esters is 8. The SMILES string of the molecule is CCCCOC(=O)c1ccc(C2=C(c3ccc(C(=O)OCCCC)cc3)c3nc2nc2[nH]c(nc4nc(nc5[nH]c(n3)c(-c3ccc(C(=O)OCCCC)cc3)c5-c3ccc(C(=O)OCCCC)cc3)C(c3ccc(C(=O)OCCCC)cc3)=C4c3ccc(C(=O)OCCCC)cc3)c(-c3ccc(C(=O)OCCCC)cc3)c2-c2ccc(C(=O)OCCCC)cc2)cc1. The van der Waals surface area contributed by atoms with Crippen molar-refractivity contribution in [2.45, 2.75) is 158 Å². The van der Waals surface area contributed by atoms with E-state index in [1.807, 2.05) is 55.4 Å². The van der Waals surface area contributed by atoms with Gasteiger partial charge in [-0.3, -0.25) is 0 Å². The molecule has 0 atom stereocenters. The van der Waals surface area contributed by atoms with Crippen molar-refractivity contribution in [3.8, 4) is 44.5 Å². The number of H-pyrrole nitrogens is 2. The van der Waals surface area contributed by atoms with Crippen molar-refractivity contribution in [1.29, 1.82) is 0 Å². The van der Waals surface area contributed by atoms with Gasteiger partial charge >= 0.3 is 47.8 Å². The van der Waals surface area contributed by atoms with E-state index >= 15 is 0 Å². The maximum absolute atomic E-state index is 14.0. The summed E-state index contributed by atoms with van der Waals surface area (Å²) in [6, 6.07) is 55.1. The van der Waals surface area contributed by atoms with Gasteiger partial charge in [-0.25, -0.2) is 68.3 Å². The molecule has 2 N–H and O–H groups in total. The van der Waals surface area contributed by atoms with E-state index in [0.29, 0.717) is 140 Å². The molecule has 0 saturated heterocycles. The van der Waals surface area contributed by atoms with Gasteiger partial charge in [0, 0.05) is 44.5 Å². The Labute approximate surface area is 744 Å². The average molecular weight is 1720 g/mol. The number of rotatable bonds is 40. The van der Waals surface area contributed by atoms with Gasteiger partial charge in [0.2, 0.25) is 0 Å². The lowest BCUT2D eigenvalue weighted by Gasteiger charge is -2.11. The van der Waals surface area contributed by atoms with Crippen molar-refractivity contribution in [3.63, 3.8) is 0 Å². The minimum Gasteiger partial charge on any atom is -0.462 e. The van der Waals surface area contributed by atoms with Crippen molar-refractivity contribution < 1.29 is 76.3 Å². The number of aromatic nitrogens is 8. The van der Waals surface area contributed by atoms with Gasteiger partial charge in [-0.05, 0) is 193 Å². The summed E-state index contributed by atoms with van der Waals surface area (Å²) < 4.78 is 46.2. The molecule has 8 aromatic carbocycles. The number of carbonyl (C=O) groups is 8. The Bertz CT molecular complexity index is 5330. The second-order valence-corrected chi connectivity index (χ2v) is 31.1. The number of aromatic amines is 2. The van der Waals surface area contributed by atoms with E-state index in [2.05, 4.69) is 9.97 Å². The van der Waals surface area contributed by atoms with Gasteiger partial charge in [0.15, 0.2) is 23.3 Å². The molecule has 0 spiro atoms. The number of fused-ring (bicyclic) bond motifs is 8. The van der Waals surface area contributed by atoms with Crippen LogP contribution in [0.1, 0.15) is 287 Å². The van der Waals surface area contributed by atoms with E-state index in [0.717, 1.165) is 51.4 Å². The summed E-state index contributed by atoms with van der Waals surface area (Å²) in [5, 5.41) is 0. The van der Waals surface area contributed by atoms with E-state index in [1.54, 1.807) is 194 Å². The molecule has 0 saturated carbocycles. The summed E-state index contributed by atoms with van der Waals surface area (Å²) >= 11 is 0. The third kappa shape index (κ3) is 22.0. The number of hydrogen-bond acceptors (Lipinski definition) is 22.